The normalized spacial score (nSPS) is 34.9. The number of carbonyl (C=O) groups excluding carboxylic acids is 2. The third-order valence-corrected chi connectivity index (χ3v) is 8.54. The van der Waals surface area contributed by atoms with Crippen LogP contribution in [0.5, 0.6) is 5.75 Å². The zero-order valence-electron chi connectivity index (χ0n) is 15.7. The van der Waals surface area contributed by atoms with Crippen LogP contribution in [0.4, 0.5) is 5.69 Å². The van der Waals surface area contributed by atoms with Gasteiger partial charge in [-0.25, -0.2) is 4.90 Å². The quantitative estimate of drug-likeness (QED) is 0.364. The van der Waals surface area contributed by atoms with Crippen molar-refractivity contribution in [3.8, 4) is 5.75 Å². The van der Waals surface area contributed by atoms with Crippen LogP contribution in [-0.2, 0) is 19.1 Å². The lowest BCUT2D eigenvalue weighted by molar-refractivity contribution is -0.221. The monoisotopic (exact) mass is 479 g/mol. The van der Waals surface area contributed by atoms with E-state index in [1.807, 2.05) is 0 Å². The molecule has 1 heterocycles. The lowest BCUT2D eigenvalue weighted by Gasteiger charge is -2.42. The number of rotatable bonds is 5. The summed E-state index contributed by atoms with van der Waals surface area (Å²) in [5.41, 5.74) is 0.298. The summed E-state index contributed by atoms with van der Waals surface area (Å²) >= 11 is 26.8. The number of hydrogen-bond donors (Lipinski definition) is 0. The van der Waals surface area contributed by atoms with E-state index in [1.54, 1.807) is 31.2 Å². The first-order chi connectivity index (χ1) is 13.7. The number of methoxy groups -OCH3 is 2. The Morgan fingerprint density at radius 3 is 1.90 bits per heavy atom. The molecule has 0 N–H and O–H groups in total. The van der Waals surface area contributed by atoms with Crippen molar-refractivity contribution in [2.75, 3.05) is 25.7 Å². The zero-order valence-corrected chi connectivity index (χ0v) is 18.7. The Morgan fingerprint density at radius 2 is 1.45 bits per heavy atom. The Morgan fingerprint density at radius 1 is 0.966 bits per heavy atom. The molecule has 3 aliphatic rings. The summed E-state index contributed by atoms with van der Waals surface area (Å²) in [6, 6.07) is 6.72. The summed E-state index contributed by atoms with van der Waals surface area (Å²) in [6.45, 7) is 2.16. The molecule has 0 aromatic heterocycles. The highest BCUT2D eigenvalue weighted by atomic mass is 35.5. The second-order valence-electron chi connectivity index (χ2n) is 6.94. The number of benzene rings is 1. The number of para-hydroxylation sites is 2. The summed E-state index contributed by atoms with van der Waals surface area (Å²) in [5.74, 6) is -4.86. The van der Waals surface area contributed by atoms with Gasteiger partial charge in [0.1, 0.15) is 15.5 Å². The number of halogens is 4. The maximum Gasteiger partial charge on any atom is 0.240 e. The van der Waals surface area contributed by atoms with E-state index in [1.165, 1.54) is 14.2 Å². The molecule has 156 valence electrons. The molecule has 1 aliphatic heterocycles. The SMILES string of the molecule is CCOc1ccccc1N1C(=O)C2C(C1=O)C1(Cl)C(Cl)=C(Cl)C2(Cl)C1(OC)OC. The molecular weight excluding hydrogens is 464 g/mol. The van der Waals surface area contributed by atoms with Crippen LogP contribution in [0, 0.1) is 11.8 Å². The van der Waals surface area contributed by atoms with E-state index in [0.717, 1.165) is 4.90 Å². The van der Waals surface area contributed by atoms with Crippen molar-refractivity contribution >= 4 is 63.9 Å². The molecule has 1 aromatic rings. The van der Waals surface area contributed by atoms with Gasteiger partial charge in [-0.3, -0.25) is 9.59 Å². The van der Waals surface area contributed by atoms with Gasteiger partial charge >= 0.3 is 0 Å². The fourth-order valence-electron chi connectivity index (χ4n) is 4.86. The molecule has 1 aromatic carbocycles. The molecule has 1 saturated heterocycles. The molecule has 4 rings (SSSR count). The summed E-state index contributed by atoms with van der Waals surface area (Å²) in [5, 5.41) is -0.135. The van der Waals surface area contributed by atoms with Gasteiger partial charge in [0.25, 0.3) is 0 Å². The van der Waals surface area contributed by atoms with Crippen LogP contribution in [0.15, 0.2) is 34.3 Å². The molecule has 2 bridgehead atoms. The summed E-state index contributed by atoms with van der Waals surface area (Å²) in [7, 11) is 2.63. The van der Waals surface area contributed by atoms with Crippen molar-refractivity contribution in [2.24, 2.45) is 11.8 Å². The number of hydrogen-bond acceptors (Lipinski definition) is 5. The van der Waals surface area contributed by atoms with Crippen LogP contribution >= 0.6 is 46.4 Å². The Kier molecular flexibility index (Phi) is 4.93. The van der Waals surface area contributed by atoms with Gasteiger partial charge in [0.2, 0.25) is 17.6 Å². The van der Waals surface area contributed by atoms with E-state index in [2.05, 4.69) is 0 Å². The average molecular weight is 481 g/mol. The van der Waals surface area contributed by atoms with Crippen LogP contribution in [0.25, 0.3) is 0 Å². The van der Waals surface area contributed by atoms with E-state index in [-0.39, 0.29) is 10.1 Å². The van der Waals surface area contributed by atoms with Crippen molar-refractivity contribution in [3.05, 3.63) is 34.3 Å². The minimum atomic E-state index is -1.80. The van der Waals surface area contributed by atoms with Crippen LogP contribution in [-0.4, -0.2) is 48.2 Å². The van der Waals surface area contributed by atoms with Gasteiger partial charge < -0.3 is 14.2 Å². The van der Waals surface area contributed by atoms with Gasteiger partial charge in [0, 0.05) is 14.2 Å². The molecular formula is C19H17Cl4NO5. The van der Waals surface area contributed by atoms with Gasteiger partial charge in [-0.15, -0.1) is 23.2 Å². The number of carbonyl (C=O) groups is 2. The smallest absolute Gasteiger partial charge is 0.240 e. The first-order valence-corrected chi connectivity index (χ1v) is 10.3. The summed E-state index contributed by atoms with van der Waals surface area (Å²) in [6.07, 6.45) is 0. The number of imide groups is 1. The van der Waals surface area contributed by atoms with E-state index in [9.17, 15) is 9.59 Å². The van der Waals surface area contributed by atoms with Crippen LogP contribution < -0.4 is 9.64 Å². The van der Waals surface area contributed by atoms with Crippen molar-refractivity contribution in [1.29, 1.82) is 0 Å². The molecule has 0 spiro atoms. The standard InChI is InChI=1S/C19H17Cl4NO5/c1-4-29-10-8-6-5-7-9(10)24-15(25)11-12(16(24)26)18(23)14(21)13(20)17(11,22)19(18,27-2)28-3/h5-8,11-12H,4H2,1-3H3. The number of ether oxygens (including phenoxy) is 3. The van der Waals surface area contributed by atoms with E-state index in [0.29, 0.717) is 18.0 Å². The summed E-state index contributed by atoms with van der Waals surface area (Å²) in [4.78, 5) is 24.6. The highest BCUT2D eigenvalue weighted by Gasteiger charge is 2.89. The molecule has 29 heavy (non-hydrogen) atoms. The summed E-state index contributed by atoms with van der Waals surface area (Å²) < 4.78 is 16.7. The van der Waals surface area contributed by atoms with Crippen LogP contribution in [0.1, 0.15) is 6.92 Å². The second-order valence-corrected chi connectivity index (χ2v) is 8.89. The average Bonchev–Trinajstić information content (AvgIpc) is 3.13. The van der Waals surface area contributed by atoms with Crippen molar-refractivity contribution in [1.82, 2.24) is 0 Å². The third-order valence-electron chi connectivity index (χ3n) is 5.93. The van der Waals surface area contributed by atoms with Gasteiger partial charge in [0.05, 0.1) is 34.2 Å². The van der Waals surface area contributed by atoms with Gasteiger partial charge in [-0.05, 0) is 19.1 Å². The van der Waals surface area contributed by atoms with Crippen LogP contribution in [0.3, 0.4) is 0 Å². The van der Waals surface area contributed by atoms with Crippen molar-refractivity contribution in [2.45, 2.75) is 22.5 Å². The Balaban J connectivity index is 1.92. The lowest BCUT2D eigenvalue weighted by atomic mass is 9.84. The van der Waals surface area contributed by atoms with E-state index < -0.39 is 39.2 Å². The molecule has 2 aliphatic carbocycles. The molecule has 4 unspecified atom stereocenters. The highest BCUT2D eigenvalue weighted by molar-refractivity contribution is 6.54. The number of fused-ring (bicyclic) bond motifs is 5. The van der Waals surface area contributed by atoms with Gasteiger partial charge in [-0.1, -0.05) is 35.3 Å². The minimum Gasteiger partial charge on any atom is -0.492 e. The van der Waals surface area contributed by atoms with Gasteiger partial charge in [0.15, 0.2) is 0 Å². The second kappa shape index (κ2) is 6.74. The lowest BCUT2D eigenvalue weighted by Crippen LogP contribution is -2.60. The van der Waals surface area contributed by atoms with Crippen molar-refractivity contribution in [3.63, 3.8) is 0 Å². The van der Waals surface area contributed by atoms with E-state index >= 15 is 0 Å². The predicted molar refractivity (Wildman–Crippen MR) is 110 cm³/mol. The molecule has 2 fully saturated rings. The van der Waals surface area contributed by atoms with Crippen molar-refractivity contribution < 1.29 is 23.8 Å². The maximum atomic E-state index is 13.5. The minimum absolute atomic E-state index is 0.0677. The molecule has 4 atom stereocenters. The Hall–Kier alpha value is -1.02. The number of alkyl halides is 2. The Labute approximate surface area is 187 Å². The number of anilines is 1. The maximum absolute atomic E-state index is 13.5. The largest absolute Gasteiger partial charge is 0.492 e. The molecule has 6 nitrogen and oxygen atoms in total. The fourth-order valence-corrected chi connectivity index (χ4v) is 7.02. The molecule has 10 heteroatoms. The third kappa shape index (κ3) is 2.13. The zero-order chi connectivity index (χ0) is 21.4. The van der Waals surface area contributed by atoms with Crippen LogP contribution in [0.2, 0.25) is 0 Å². The Bertz CT molecular complexity index is 902. The molecule has 0 radical (unpaired) electrons. The topological polar surface area (TPSA) is 65.1 Å². The first kappa shape index (κ1) is 21.2. The first-order valence-electron chi connectivity index (χ1n) is 8.83. The van der Waals surface area contributed by atoms with E-state index in [4.69, 9.17) is 60.6 Å². The predicted octanol–water partition coefficient (Wildman–Crippen LogP) is 3.85. The number of nitrogens with zero attached hydrogens (tertiary/aromatic N) is 1. The molecule has 1 saturated carbocycles. The fraction of sp³-hybridized carbons (Fsp3) is 0.474. The van der Waals surface area contributed by atoms with Gasteiger partial charge in [-0.2, -0.15) is 0 Å². The molecule has 2 amide bonds. The highest BCUT2D eigenvalue weighted by Crippen LogP contribution is 2.75. The number of amides is 2.